The molecule has 5 heteroatoms. The first-order valence-electron chi connectivity index (χ1n) is 6.14. The van der Waals surface area contributed by atoms with E-state index in [2.05, 4.69) is 10.3 Å². The van der Waals surface area contributed by atoms with E-state index in [0.29, 0.717) is 12.2 Å². The first-order chi connectivity index (χ1) is 9.22. The highest BCUT2D eigenvalue weighted by atomic mass is 32.1. The van der Waals surface area contributed by atoms with Crippen LogP contribution in [0.5, 0.6) is 0 Å². The van der Waals surface area contributed by atoms with E-state index in [1.807, 2.05) is 30.5 Å². The number of nitrogens with zero attached hydrogens (tertiary/aromatic N) is 1. The third kappa shape index (κ3) is 3.32. The quantitative estimate of drug-likeness (QED) is 0.849. The van der Waals surface area contributed by atoms with Crippen molar-refractivity contribution in [3.05, 3.63) is 46.4 Å². The van der Waals surface area contributed by atoms with Gasteiger partial charge < -0.3 is 10.1 Å². The lowest BCUT2D eigenvalue weighted by Gasteiger charge is -2.15. The molecule has 2 rings (SSSR count). The van der Waals surface area contributed by atoms with Gasteiger partial charge in [0.1, 0.15) is 5.01 Å². The lowest BCUT2D eigenvalue weighted by Crippen LogP contribution is -2.12. The molecule has 1 N–H and O–H groups in total. The summed E-state index contributed by atoms with van der Waals surface area (Å²) in [6.07, 6.45) is 1.77. The molecule has 1 aromatic carbocycles. The summed E-state index contributed by atoms with van der Waals surface area (Å²) in [5.74, 6) is -0.308. The molecule has 0 saturated carbocycles. The molecule has 0 spiro atoms. The minimum Gasteiger partial charge on any atom is -0.462 e. The fraction of sp³-hybridized carbons (Fsp3) is 0.286. The largest absolute Gasteiger partial charge is 0.462 e. The standard InChI is InChI=1S/C14H16N2O2S/c1-3-18-14(17)11-6-4-5-7-12(11)16-10(2)13-15-8-9-19-13/h4-10,16H,3H2,1-2H3. The lowest BCUT2D eigenvalue weighted by atomic mass is 10.1. The second-order valence-corrected chi connectivity index (χ2v) is 4.93. The van der Waals surface area contributed by atoms with Crippen LogP contribution in [0.4, 0.5) is 5.69 Å². The first kappa shape index (κ1) is 13.5. The Morgan fingerprint density at radius 3 is 2.95 bits per heavy atom. The number of para-hydroxylation sites is 1. The zero-order valence-corrected chi connectivity index (χ0v) is 11.7. The van der Waals surface area contributed by atoms with Gasteiger partial charge >= 0.3 is 5.97 Å². The highest BCUT2D eigenvalue weighted by Crippen LogP contribution is 2.24. The summed E-state index contributed by atoms with van der Waals surface area (Å²) < 4.78 is 5.05. The number of esters is 1. The van der Waals surface area contributed by atoms with Crippen LogP contribution >= 0.6 is 11.3 Å². The average Bonchev–Trinajstić information content (AvgIpc) is 2.93. The number of ether oxygens (including phenoxy) is 1. The Bertz CT molecular complexity index is 540. The summed E-state index contributed by atoms with van der Waals surface area (Å²) in [5.41, 5.74) is 1.32. The number of carbonyl (C=O) groups excluding carboxylic acids is 1. The predicted molar refractivity (Wildman–Crippen MR) is 76.6 cm³/mol. The van der Waals surface area contributed by atoms with Gasteiger partial charge in [-0.3, -0.25) is 0 Å². The molecule has 19 heavy (non-hydrogen) atoms. The van der Waals surface area contributed by atoms with E-state index in [4.69, 9.17) is 4.74 Å². The lowest BCUT2D eigenvalue weighted by molar-refractivity contribution is 0.0527. The Morgan fingerprint density at radius 1 is 1.47 bits per heavy atom. The molecule has 0 bridgehead atoms. The SMILES string of the molecule is CCOC(=O)c1ccccc1NC(C)c1nccs1. The monoisotopic (exact) mass is 276 g/mol. The predicted octanol–water partition coefficient (Wildman–Crippen LogP) is 3.49. The molecule has 0 aliphatic rings. The molecule has 0 aliphatic heterocycles. The summed E-state index contributed by atoms with van der Waals surface area (Å²) in [6.45, 7) is 4.18. The van der Waals surface area contributed by atoms with Crippen molar-refractivity contribution in [2.24, 2.45) is 0 Å². The molecule has 0 amide bonds. The van der Waals surface area contributed by atoms with Crippen LogP contribution in [0.1, 0.15) is 35.3 Å². The number of rotatable bonds is 5. The van der Waals surface area contributed by atoms with Gasteiger partial charge in [0, 0.05) is 17.3 Å². The molecule has 4 nitrogen and oxygen atoms in total. The third-order valence-electron chi connectivity index (χ3n) is 2.62. The third-order valence-corrected chi connectivity index (χ3v) is 3.57. The van der Waals surface area contributed by atoms with Gasteiger partial charge in [0.25, 0.3) is 0 Å². The minimum absolute atomic E-state index is 0.0515. The second kappa shape index (κ2) is 6.33. The zero-order chi connectivity index (χ0) is 13.7. The normalized spacial score (nSPS) is 11.9. The van der Waals surface area contributed by atoms with Crippen LogP contribution in [0.15, 0.2) is 35.8 Å². The number of aromatic nitrogens is 1. The number of hydrogen-bond acceptors (Lipinski definition) is 5. The van der Waals surface area contributed by atoms with E-state index in [-0.39, 0.29) is 12.0 Å². The van der Waals surface area contributed by atoms with Crippen molar-refractivity contribution in [2.45, 2.75) is 19.9 Å². The number of benzene rings is 1. The Balaban J connectivity index is 2.18. The molecule has 1 heterocycles. The smallest absolute Gasteiger partial charge is 0.340 e. The molecule has 1 atom stereocenters. The summed E-state index contributed by atoms with van der Waals surface area (Å²) in [7, 11) is 0. The van der Waals surface area contributed by atoms with Crippen LogP contribution < -0.4 is 5.32 Å². The zero-order valence-electron chi connectivity index (χ0n) is 10.9. The van der Waals surface area contributed by atoms with Crippen LogP contribution in [0.25, 0.3) is 0 Å². The summed E-state index contributed by atoms with van der Waals surface area (Å²) in [6, 6.07) is 7.40. The fourth-order valence-electron chi connectivity index (χ4n) is 1.74. The van der Waals surface area contributed by atoms with Crippen LogP contribution in [0.2, 0.25) is 0 Å². The maximum absolute atomic E-state index is 11.9. The molecule has 1 aromatic heterocycles. The Kier molecular flexibility index (Phi) is 4.52. The van der Waals surface area contributed by atoms with E-state index in [1.165, 1.54) is 0 Å². The number of carbonyl (C=O) groups is 1. The molecule has 2 aromatic rings. The van der Waals surface area contributed by atoms with E-state index in [0.717, 1.165) is 10.7 Å². The van der Waals surface area contributed by atoms with Crippen molar-refractivity contribution in [3.8, 4) is 0 Å². The fourth-order valence-corrected chi connectivity index (χ4v) is 2.39. The van der Waals surface area contributed by atoms with Gasteiger partial charge in [-0.1, -0.05) is 12.1 Å². The van der Waals surface area contributed by atoms with Crippen molar-refractivity contribution in [1.29, 1.82) is 0 Å². The maximum atomic E-state index is 11.9. The van der Waals surface area contributed by atoms with E-state index in [9.17, 15) is 4.79 Å². The van der Waals surface area contributed by atoms with Crippen molar-refractivity contribution < 1.29 is 9.53 Å². The number of anilines is 1. The number of hydrogen-bond donors (Lipinski definition) is 1. The van der Waals surface area contributed by atoms with Crippen molar-refractivity contribution in [2.75, 3.05) is 11.9 Å². The molecule has 0 radical (unpaired) electrons. The van der Waals surface area contributed by atoms with Crippen molar-refractivity contribution >= 4 is 23.0 Å². The maximum Gasteiger partial charge on any atom is 0.340 e. The molecule has 0 aliphatic carbocycles. The Labute approximate surface area is 116 Å². The molecular weight excluding hydrogens is 260 g/mol. The van der Waals surface area contributed by atoms with Gasteiger partial charge in [0.2, 0.25) is 0 Å². The molecule has 1 unspecified atom stereocenters. The summed E-state index contributed by atoms with van der Waals surface area (Å²) >= 11 is 1.58. The molecular formula is C14H16N2O2S. The number of nitrogens with one attached hydrogen (secondary N) is 1. The molecule has 0 fully saturated rings. The average molecular weight is 276 g/mol. The van der Waals surface area contributed by atoms with Crippen LogP contribution in [0.3, 0.4) is 0 Å². The van der Waals surface area contributed by atoms with Crippen LogP contribution in [-0.2, 0) is 4.74 Å². The van der Waals surface area contributed by atoms with Gasteiger partial charge in [0.15, 0.2) is 0 Å². The summed E-state index contributed by atoms with van der Waals surface area (Å²) in [5, 5.41) is 6.22. The topological polar surface area (TPSA) is 51.2 Å². The van der Waals surface area contributed by atoms with Gasteiger partial charge in [-0.05, 0) is 26.0 Å². The van der Waals surface area contributed by atoms with Crippen LogP contribution in [-0.4, -0.2) is 17.6 Å². The Morgan fingerprint density at radius 2 is 2.26 bits per heavy atom. The molecule has 100 valence electrons. The van der Waals surface area contributed by atoms with Gasteiger partial charge in [-0.25, -0.2) is 9.78 Å². The van der Waals surface area contributed by atoms with Crippen molar-refractivity contribution in [1.82, 2.24) is 4.98 Å². The molecule has 0 saturated heterocycles. The van der Waals surface area contributed by atoms with Crippen molar-refractivity contribution in [3.63, 3.8) is 0 Å². The second-order valence-electron chi connectivity index (χ2n) is 4.00. The van der Waals surface area contributed by atoms with E-state index >= 15 is 0 Å². The number of thiazole rings is 1. The van der Waals surface area contributed by atoms with E-state index < -0.39 is 0 Å². The first-order valence-corrected chi connectivity index (χ1v) is 7.02. The van der Waals surface area contributed by atoms with Crippen LogP contribution in [0, 0.1) is 0 Å². The summed E-state index contributed by atoms with van der Waals surface area (Å²) in [4.78, 5) is 16.1. The van der Waals surface area contributed by atoms with Gasteiger partial charge in [0.05, 0.1) is 18.2 Å². The highest BCUT2D eigenvalue weighted by Gasteiger charge is 2.15. The van der Waals surface area contributed by atoms with E-state index in [1.54, 1.807) is 30.5 Å². The minimum atomic E-state index is -0.308. The highest BCUT2D eigenvalue weighted by molar-refractivity contribution is 7.09. The van der Waals surface area contributed by atoms with Gasteiger partial charge in [-0.15, -0.1) is 11.3 Å². The van der Waals surface area contributed by atoms with Gasteiger partial charge in [-0.2, -0.15) is 0 Å². The Hall–Kier alpha value is -1.88.